The van der Waals surface area contributed by atoms with E-state index in [1.807, 2.05) is 36.4 Å². The van der Waals surface area contributed by atoms with Gasteiger partial charge in [0.2, 0.25) is 0 Å². The zero-order valence-corrected chi connectivity index (χ0v) is 12.6. The summed E-state index contributed by atoms with van der Waals surface area (Å²) in [7, 11) is 0. The van der Waals surface area contributed by atoms with Crippen molar-refractivity contribution in [3.05, 3.63) is 83.4 Å². The minimum atomic E-state index is 0.694. The molecule has 0 spiro atoms. The van der Waals surface area contributed by atoms with E-state index < -0.39 is 0 Å². The normalized spacial score (nSPS) is 11.4. The molecule has 0 fully saturated rings. The van der Waals surface area contributed by atoms with Crippen molar-refractivity contribution in [1.29, 1.82) is 5.26 Å². The van der Waals surface area contributed by atoms with Crippen molar-refractivity contribution in [1.82, 2.24) is 0 Å². The average Bonchev–Trinajstić information content (AvgIpc) is 2.60. The Bertz CT molecular complexity index is 859. The van der Waals surface area contributed by atoms with Gasteiger partial charge in [-0.15, -0.1) is 0 Å². The van der Waals surface area contributed by atoms with Gasteiger partial charge in [-0.2, -0.15) is 5.26 Å². The van der Waals surface area contributed by atoms with E-state index in [1.165, 1.54) is 16.3 Å². The van der Waals surface area contributed by atoms with Crippen LogP contribution >= 0.6 is 0 Å². The summed E-state index contributed by atoms with van der Waals surface area (Å²) >= 11 is 0. The highest BCUT2D eigenvalue weighted by molar-refractivity contribution is 5.98. The Morgan fingerprint density at radius 1 is 0.955 bits per heavy atom. The summed E-state index contributed by atoms with van der Waals surface area (Å²) in [5.41, 5.74) is 4.02. The summed E-state index contributed by atoms with van der Waals surface area (Å²) in [6.07, 6.45) is 2.98. The second kappa shape index (κ2) is 6.28. The summed E-state index contributed by atoms with van der Waals surface area (Å²) in [5.74, 6) is 0. The lowest BCUT2D eigenvalue weighted by Crippen LogP contribution is -1.85. The molecule has 0 amide bonds. The van der Waals surface area contributed by atoms with Gasteiger partial charge >= 0.3 is 0 Å². The van der Waals surface area contributed by atoms with Crippen LogP contribution in [-0.2, 0) is 6.42 Å². The second-order valence-electron chi connectivity index (χ2n) is 5.29. The fraction of sp³-hybridized carbons (Fsp3) is 0.0952. The average molecular weight is 283 g/mol. The van der Waals surface area contributed by atoms with Crippen LogP contribution < -0.4 is 0 Å². The number of hydrogen-bond acceptors (Lipinski definition) is 1. The molecule has 106 valence electrons. The van der Waals surface area contributed by atoms with Gasteiger partial charge in [-0.3, -0.25) is 0 Å². The maximum absolute atomic E-state index is 9.52. The number of nitriles is 1. The first-order chi connectivity index (χ1) is 10.8. The number of nitrogens with zero attached hydrogens (tertiary/aromatic N) is 1. The van der Waals surface area contributed by atoms with E-state index in [4.69, 9.17) is 0 Å². The van der Waals surface area contributed by atoms with E-state index in [-0.39, 0.29) is 0 Å². The van der Waals surface area contributed by atoms with Crippen molar-refractivity contribution in [3.63, 3.8) is 0 Å². The third kappa shape index (κ3) is 2.77. The van der Waals surface area contributed by atoms with Gasteiger partial charge in [-0.05, 0) is 40.0 Å². The molecule has 3 aromatic carbocycles. The number of hydrogen-bond donors (Lipinski definition) is 0. The molecular formula is C21H17N. The van der Waals surface area contributed by atoms with Crippen LogP contribution in [0.1, 0.15) is 23.6 Å². The zero-order chi connectivity index (χ0) is 15.4. The molecule has 0 radical (unpaired) electrons. The summed E-state index contributed by atoms with van der Waals surface area (Å²) < 4.78 is 0. The van der Waals surface area contributed by atoms with Crippen LogP contribution in [0.2, 0.25) is 0 Å². The van der Waals surface area contributed by atoms with Gasteiger partial charge in [0.15, 0.2) is 0 Å². The van der Waals surface area contributed by atoms with E-state index >= 15 is 0 Å². The number of allylic oxidation sites excluding steroid dienone is 1. The first-order valence-electron chi connectivity index (χ1n) is 7.50. The van der Waals surface area contributed by atoms with Crippen molar-refractivity contribution in [2.45, 2.75) is 13.3 Å². The molecule has 0 atom stereocenters. The third-order valence-electron chi connectivity index (χ3n) is 3.92. The molecule has 1 nitrogen and oxygen atoms in total. The Kier molecular flexibility index (Phi) is 4.03. The Morgan fingerprint density at radius 2 is 1.68 bits per heavy atom. The highest BCUT2D eigenvalue weighted by Gasteiger charge is 2.03. The molecule has 0 bridgehead atoms. The number of benzene rings is 3. The number of aryl methyl sites for hydroxylation is 1. The van der Waals surface area contributed by atoms with Crippen molar-refractivity contribution < 1.29 is 0 Å². The van der Waals surface area contributed by atoms with Gasteiger partial charge in [0.1, 0.15) is 0 Å². The molecule has 0 heterocycles. The van der Waals surface area contributed by atoms with Gasteiger partial charge in [0.05, 0.1) is 11.6 Å². The summed E-state index contributed by atoms with van der Waals surface area (Å²) in [5, 5.41) is 11.9. The first kappa shape index (κ1) is 14.1. The topological polar surface area (TPSA) is 23.8 Å². The second-order valence-corrected chi connectivity index (χ2v) is 5.29. The molecular weight excluding hydrogens is 266 g/mol. The SMILES string of the molecule is CCc1ccc(/C(C#N)=C/c2cccc3ccccc23)cc1. The van der Waals surface area contributed by atoms with E-state index in [0.717, 1.165) is 17.5 Å². The van der Waals surface area contributed by atoms with Gasteiger partial charge in [-0.25, -0.2) is 0 Å². The lowest BCUT2D eigenvalue weighted by Gasteiger charge is -2.05. The maximum atomic E-state index is 9.52. The van der Waals surface area contributed by atoms with Gasteiger partial charge in [0.25, 0.3) is 0 Å². The molecule has 0 aromatic heterocycles. The quantitative estimate of drug-likeness (QED) is 0.462. The molecule has 0 aliphatic carbocycles. The molecule has 0 aliphatic heterocycles. The standard InChI is InChI=1S/C21H17N/c1-2-16-10-12-17(13-11-16)20(15-22)14-19-8-5-7-18-6-3-4-9-21(18)19/h3-14H,2H2,1H3/b20-14+. The molecule has 0 N–H and O–H groups in total. The van der Waals surface area contributed by atoms with Gasteiger partial charge < -0.3 is 0 Å². The van der Waals surface area contributed by atoms with Gasteiger partial charge in [0, 0.05) is 0 Å². The summed E-state index contributed by atoms with van der Waals surface area (Å²) in [6.45, 7) is 2.13. The molecule has 0 saturated carbocycles. The molecule has 3 aromatic rings. The van der Waals surface area contributed by atoms with Crippen molar-refractivity contribution in [2.75, 3.05) is 0 Å². The lowest BCUT2D eigenvalue weighted by atomic mass is 9.99. The smallest absolute Gasteiger partial charge is 0.0998 e. The van der Waals surface area contributed by atoms with Crippen molar-refractivity contribution in [3.8, 4) is 6.07 Å². The largest absolute Gasteiger partial charge is 0.192 e. The van der Waals surface area contributed by atoms with E-state index in [1.54, 1.807) is 0 Å². The van der Waals surface area contributed by atoms with Crippen LogP contribution in [0.15, 0.2) is 66.7 Å². The summed E-state index contributed by atoms with van der Waals surface area (Å²) in [4.78, 5) is 0. The Hall–Kier alpha value is -2.85. The highest BCUT2D eigenvalue weighted by Crippen LogP contribution is 2.24. The first-order valence-corrected chi connectivity index (χ1v) is 7.50. The molecule has 1 heteroatoms. The van der Waals surface area contributed by atoms with E-state index in [0.29, 0.717) is 5.57 Å². The minimum Gasteiger partial charge on any atom is -0.192 e. The lowest BCUT2D eigenvalue weighted by molar-refractivity contribution is 1.14. The Balaban J connectivity index is 2.09. The van der Waals surface area contributed by atoms with Crippen molar-refractivity contribution >= 4 is 22.4 Å². The molecule has 3 rings (SSSR count). The number of fused-ring (bicyclic) bond motifs is 1. The van der Waals surface area contributed by atoms with Crippen LogP contribution in [0.3, 0.4) is 0 Å². The minimum absolute atomic E-state index is 0.694. The van der Waals surface area contributed by atoms with Crippen LogP contribution in [0, 0.1) is 11.3 Å². The predicted molar refractivity (Wildman–Crippen MR) is 93.3 cm³/mol. The summed E-state index contributed by atoms with van der Waals surface area (Å²) in [6, 6.07) is 25.0. The maximum Gasteiger partial charge on any atom is 0.0998 e. The third-order valence-corrected chi connectivity index (χ3v) is 3.92. The monoisotopic (exact) mass is 283 g/mol. The molecule has 0 aliphatic rings. The van der Waals surface area contributed by atoms with Crippen LogP contribution in [0.5, 0.6) is 0 Å². The van der Waals surface area contributed by atoms with Crippen molar-refractivity contribution in [2.24, 2.45) is 0 Å². The number of rotatable bonds is 3. The molecule has 22 heavy (non-hydrogen) atoms. The Labute approximate surface area is 131 Å². The predicted octanol–water partition coefficient (Wildman–Crippen LogP) is 5.47. The highest BCUT2D eigenvalue weighted by atomic mass is 14.2. The van der Waals surface area contributed by atoms with Crippen LogP contribution in [0.25, 0.3) is 22.4 Å². The zero-order valence-electron chi connectivity index (χ0n) is 12.6. The van der Waals surface area contributed by atoms with Crippen LogP contribution in [-0.4, -0.2) is 0 Å². The fourth-order valence-corrected chi connectivity index (χ4v) is 2.63. The van der Waals surface area contributed by atoms with Crippen LogP contribution in [0.4, 0.5) is 0 Å². The van der Waals surface area contributed by atoms with E-state index in [2.05, 4.69) is 49.4 Å². The fourth-order valence-electron chi connectivity index (χ4n) is 2.63. The van der Waals surface area contributed by atoms with Gasteiger partial charge in [-0.1, -0.05) is 73.7 Å². The van der Waals surface area contributed by atoms with E-state index in [9.17, 15) is 5.26 Å². The molecule has 0 saturated heterocycles. The molecule has 0 unspecified atom stereocenters. The Morgan fingerprint density at radius 3 is 2.41 bits per heavy atom.